The molecule has 1 fully saturated rings. The molecule has 1 aliphatic heterocycles. The number of nitrogens with one attached hydrogen (secondary N) is 2. The summed E-state index contributed by atoms with van der Waals surface area (Å²) in [6.07, 6.45) is 2.20. The molecule has 0 spiro atoms. The van der Waals surface area contributed by atoms with Crippen LogP contribution in [0.2, 0.25) is 0 Å². The summed E-state index contributed by atoms with van der Waals surface area (Å²) < 4.78 is 1.96. The van der Waals surface area contributed by atoms with Crippen LogP contribution in [0.4, 0.5) is 0 Å². The molecule has 29 heavy (non-hydrogen) atoms. The van der Waals surface area contributed by atoms with Gasteiger partial charge in [-0.25, -0.2) is 9.67 Å². The highest BCUT2D eigenvalue weighted by Gasteiger charge is 2.17. The van der Waals surface area contributed by atoms with Crippen LogP contribution in [0.5, 0.6) is 0 Å². The van der Waals surface area contributed by atoms with E-state index in [4.69, 9.17) is 0 Å². The maximum Gasteiger partial charge on any atom is 0.241 e. The summed E-state index contributed by atoms with van der Waals surface area (Å²) in [6, 6.07) is 10.2. The monoisotopic (exact) mass is 510 g/mol. The molecule has 7 nitrogen and oxygen atoms in total. The normalized spacial score (nSPS) is 13.9. The number of carbonyl (C=O) groups excluding carboxylic acids is 1. The first-order valence-electron chi connectivity index (χ1n) is 10.00. The van der Waals surface area contributed by atoms with Crippen molar-refractivity contribution in [3.63, 3.8) is 0 Å². The predicted molar refractivity (Wildman–Crippen MR) is 127 cm³/mol. The second-order valence-electron chi connectivity index (χ2n) is 7.10. The van der Waals surface area contributed by atoms with E-state index in [2.05, 4.69) is 45.8 Å². The fourth-order valence-electron chi connectivity index (χ4n) is 3.47. The highest BCUT2D eigenvalue weighted by atomic mass is 127. The van der Waals surface area contributed by atoms with Gasteiger partial charge < -0.3 is 15.5 Å². The van der Waals surface area contributed by atoms with Gasteiger partial charge in [0.1, 0.15) is 0 Å². The molecule has 1 aromatic heterocycles. The van der Waals surface area contributed by atoms with E-state index in [1.165, 1.54) is 0 Å². The predicted octanol–water partition coefficient (Wildman–Crippen LogP) is 2.78. The molecule has 0 atom stereocenters. The lowest BCUT2D eigenvalue weighted by Gasteiger charge is -2.17. The minimum Gasteiger partial charge on any atom is -0.357 e. The van der Waals surface area contributed by atoms with Crippen molar-refractivity contribution >= 4 is 35.8 Å². The molecule has 158 valence electrons. The smallest absolute Gasteiger partial charge is 0.241 e. The summed E-state index contributed by atoms with van der Waals surface area (Å²) in [5.41, 5.74) is 4.19. The Labute approximate surface area is 190 Å². The van der Waals surface area contributed by atoms with Crippen LogP contribution < -0.4 is 10.6 Å². The number of para-hydroxylation sites is 1. The third-order valence-corrected chi connectivity index (χ3v) is 4.85. The number of benzene rings is 1. The number of hydrogen-bond donors (Lipinski definition) is 2. The van der Waals surface area contributed by atoms with Crippen molar-refractivity contribution in [2.45, 2.75) is 40.2 Å². The fraction of sp³-hybridized carbons (Fsp3) is 0.476. The number of guanidine groups is 1. The molecule has 1 aliphatic rings. The first-order chi connectivity index (χ1) is 13.6. The minimum absolute atomic E-state index is 0. The molecule has 1 aromatic carbocycles. The molecule has 0 unspecified atom stereocenters. The zero-order valence-electron chi connectivity index (χ0n) is 17.4. The van der Waals surface area contributed by atoms with Gasteiger partial charge in [0.25, 0.3) is 0 Å². The molecule has 2 N–H and O–H groups in total. The van der Waals surface area contributed by atoms with Crippen LogP contribution in [0.15, 0.2) is 35.3 Å². The largest absolute Gasteiger partial charge is 0.357 e. The topological polar surface area (TPSA) is 74.5 Å². The van der Waals surface area contributed by atoms with Crippen LogP contribution in [-0.2, 0) is 11.3 Å². The van der Waals surface area contributed by atoms with Gasteiger partial charge >= 0.3 is 0 Å². The summed E-state index contributed by atoms with van der Waals surface area (Å²) in [5.74, 6) is 0.782. The Morgan fingerprint density at radius 3 is 2.55 bits per heavy atom. The minimum atomic E-state index is 0. The third kappa shape index (κ3) is 6.19. The Morgan fingerprint density at radius 1 is 1.17 bits per heavy atom. The molecule has 8 heteroatoms. The molecule has 1 amide bonds. The quantitative estimate of drug-likeness (QED) is 0.356. The average molecular weight is 510 g/mol. The van der Waals surface area contributed by atoms with Crippen LogP contribution in [0.25, 0.3) is 5.69 Å². The van der Waals surface area contributed by atoms with Gasteiger partial charge in [-0.1, -0.05) is 18.2 Å². The number of likely N-dealkylation sites (tertiary alicyclic amines) is 1. The second-order valence-corrected chi connectivity index (χ2v) is 7.10. The number of halogens is 1. The number of nitrogens with zero attached hydrogens (tertiary/aromatic N) is 4. The van der Waals surface area contributed by atoms with Gasteiger partial charge in [-0.15, -0.1) is 24.0 Å². The number of carbonyl (C=O) groups is 1. The van der Waals surface area contributed by atoms with E-state index in [-0.39, 0.29) is 36.4 Å². The fourth-order valence-corrected chi connectivity index (χ4v) is 3.47. The standard InChI is InChI=1S/C21H30N6O.HI/c1-4-22-21(24-15-20(28)26-11-7-8-12-26)23-14-18-9-5-6-10-19(18)27-17(3)13-16(2)25-27;/h5-6,9-10,13H,4,7-8,11-12,14-15H2,1-3H3,(H2,22,23,24);1H. The van der Waals surface area contributed by atoms with E-state index in [9.17, 15) is 4.79 Å². The average Bonchev–Trinajstić information content (AvgIpc) is 3.33. The van der Waals surface area contributed by atoms with Crippen molar-refractivity contribution < 1.29 is 4.79 Å². The number of amides is 1. The molecule has 2 heterocycles. The van der Waals surface area contributed by atoms with Gasteiger partial charge in [0.05, 0.1) is 24.5 Å². The van der Waals surface area contributed by atoms with Gasteiger partial charge in [0.2, 0.25) is 5.91 Å². The molecule has 1 saturated heterocycles. The van der Waals surface area contributed by atoms with Crippen molar-refractivity contribution in [3.8, 4) is 5.69 Å². The van der Waals surface area contributed by atoms with Crippen molar-refractivity contribution in [3.05, 3.63) is 47.3 Å². The molecule has 0 saturated carbocycles. The first-order valence-corrected chi connectivity index (χ1v) is 10.00. The molecular weight excluding hydrogens is 479 g/mol. The zero-order chi connectivity index (χ0) is 19.9. The zero-order valence-corrected chi connectivity index (χ0v) is 19.8. The summed E-state index contributed by atoms with van der Waals surface area (Å²) in [5, 5.41) is 11.0. The summed E-state index contributed by atoms with van der Waals surface area (Å²) in [7, 11) is 0. The van der Waals surface area contributed by atoms with Gasteiger partial charge in [-0.05, 0) is 51.3 Å². The lowest BCUT2D eigenvalue weighted by molar-refractivity contribution is -0.128. The third-order valence-electron chi connectivity index (χ3n) is 4.85. The van der Waals surface area contributed by atoms with Gasteiger partial charge in [-0.2, -0.15) is 5.10 Å². The summed E-state index contributed by atoms with van der Waals surface area (Å²) in [6.45, 7) is 9.30. The Hall–Kier alpha value is -2.10. The summed E-state index contributed by atoms with van der Waals surface area (Å²) in [4.78, 5) is 18.9. The van der Waals surface area contributed by atoms with Crippen LogP contribution >= 0.6 is 24.0 Å². The molecular formula is C21H31IN6O. The molecule has 0 radical (unpaired) electrons. The van der Waals surface area contributed by atoms with Crippen molar-refractivity contribution in [2.24, 2.45) is 4.99 Å². The van der Waals surface area contributed by atoms with E-state index in [1.807, 2.05) is 35.6 Å². The summed E-state index contributed by atoms with van der Waals surface area (Å²) >= 11 is 0. The molecule has 0 bridgehead atoms. The van der Waals surface area contributed by atoms with E-state index in [0.29, 0.717) is 12.5 Å². The van der Waals surface area contributed by atoms with E-state index >= 15 is 0 Å². The van der Waals surface area contributed by atoms with Gasteiger partial charge in [-0.3, -0.25) is 4.79 Å². The maximum absolute atomic E-state index is 12.3. The van der Waals surface area contributed by atoms with Gasteiger partial charge in [0, 0.05) is 25.3 Å². The van der Waals surface area contributed by atoms with E-state index < -0.39 is 0 Å². The number of rotatable bonds is 6. The number of aliphatic imine (C=N–C) groups is 1. The van der Waals surface area contributed by atoms with Crippen LogP contribution in [0, 0.1) is 13.8 Å². The highest BCUT2D eigenvalue weighted by molar-refractivity contribution is 14.0. The highest BCUT2D eigenvalue weighted by Crippen LogP contribution is 2.17. The van der Waals surface area contributed by atoms with Gasteiger partial charge in [0.15, 0.2) is 5.96 Å². The molecule has 0 aliphatic carbocycles. The van der Waals surface area contributed by atoms with Crippen LogP contribution in [-0.4, -0.2) is 52.7 Å². The lowest BCUT2D eigenvalue weighted by Crippen LogP contribution is -2.44. The second kappa shape index (κ2) is 11.2. The van der Waals surface area contributed by atoms with Crippen LogP contribution in [0.3, 0.4) is 0 Å². The Balaban J connectivity index is 0.00000300. The van der Waals surface area contributed by atoms with Crippen molar-refractivity contribution in [2.75, 3.05) is 26.2 Å². The maximum atomic E-state index is 12.3. The SMILES string of the molecule is CCNC(=NCc1ccccc1-n1nc(C)cc1C)NCC(=O)N1CCCC1.I. The van der Waals surface area contributed by atoms with E-state index in [0.717, 1.165) is 55.1 Å². The van der Waals surface area contributed by atoms with Crippen LogP contribution in [0.1, 0.15) is 36.7 Å². The van der Waals surface area contributed by atoms with Crippen molar-refractivity contribution in [1.82, 2.24) is 25.3 Å². The Kier molecular flexibility index (Phi) is 8.94. The Morgan fingerprint density at radius 2 is 1.90 bits per heavy atom. The first kappa shape index (κ1) is 23.2. The van der Waals surface area contributed by atoms with E-state index in [1.54, 1.807) is 0 Å². The number of aromatic nitrogens is 2. The molecule has 3 rings (SSSR count). The Bertz CT molecular complexity index is 841. The number of aryl methyl sites for hydroxylation is 2. The number of hydrogen-bond acceptors (Lipinski definition) is 3. The van der Waals surface area contributed by atoms with Crippen molar-refractivity contribution in [1.29, 1.82) is 0 Å². The molecule has 2 aromatic rings. The lowest BCUT2D eigenvalue weighted by atomic mass is 10.2.